The number of aromatic nitrogens is 3. The number of nitriles is 1. The summed E-state index contributed by atoms with van der Waals surface area (Å²) in [5.41, 5.74) is 2.78. The summed E-state index contributed by atoms with van der Waals surface area (Å²) in [7, 11) is 2.05. The molecule has 10 heteroatoms. The number of nitrogens with zero attached hydrogens (tertiary/aromatic N) is 6. The van der Waals surface area contributed by atoms with Crippen LogP contribution in [0, 0.1) is 17.1 Å². The number of anilines is 1. The van der Waals surface area contributed by atoms with Gasteiger partial charge in [-0.3, -0.25) is 14.7 Å². The lowest BCUT2D eigenvalue weighted by Gasteiger charge is -2.21. The number of aliphatic imine (C=N–C) groups is 1. The fraction of sp³-hybridized carbons (Fsp3) is 0.346. The van der Waals surface area contributed by atoms with E-state index in [9.17, 15) is 9.18 Å². The number of halogens is 1. The van der Waals surface area contributed by atoms with E-state index in [0.717, 1.165) is 49.0 Å². The Labute approximate surface area is 209 Å². The summed E-state index contributed by atoms with van der Waals surface area (Å²) < 4.78 is 16.1. The van der Waals surface area contributed by atoms with E-state index in [0.29, 0.717) is 24.3 Å². The molecule has 2 aromatic carbocycles. The van der Waals surface area contributed by atoms with Crippen LogP contribution < -0.4 is 10.6 Å². The van der Waals surface area contributed by atoms with Crippen LogP contribution in [0.2, 0.25) is 0 Å². The zero-order chi connectivity index (χ0) is 25.5. The Morgan fingerprint density at radius 2 is 2.06 bits per heavy atom. The number of rotatable bonds is 9. The third kappa shape index (κ3) is 5.93. The highest BCUT2D eigenvalue weighted by Gasteiger charge is 2.19. The van der Waals surface area contributed by atoms with Gasteiger partial charge in [0.05, 0.1) is 30.6 Å². The van der Waals surface area contributed by atoms with Gasteiger partial charge in [0, 0.05) is 42.9 Å². The van der Waals surface area contributed by atoms with E-state index >= 15 is 0 Å². The number of benzene rings is 2. The molecule has 1 aromatic heterocycles. The van der Waals surface area contributed by atoms with Crippen LogP contribution in [-0.4, -0.2) is 51.5 Å². The zero-order valence-electron chi connectivity index (χ0n) is 20.5. The fourth-order valence-corrected chi connectivity index (χ4v) is 3.98. The second-order valence-electron chi connectivity index (χ2n) is 8.70. The van der Waals surface area contributed by atoms with E-state index in [2.05, 4.69) is 42.2 Å². The van der Waals surface area contributed by atoms with Crippen LogP contribution in [0.5, 0.6) is 0 Å². The topological polar surface area (TPSA) is 111 Å². The van der Waals surface area contributed by atoms with Crippen molar-refractivity contribution in [3.8, 4) is 6.07 Å². The monoisotopic (exact) mass is 488 g/mol. The maximum atomic E-state index is 14.0. The highest BCUT2D eigenvalue weighted by molar-refractivity contribution is 5.98. The molecule has 0 atom stereocenters. The standard InChI is InChI=1S/C26H29FN8O/c1-3-10-35-24(32-33-25(35)23-9-11-34(2)17-31-23)16-29-21-6-4-5-19(13-21)26(36)30-15-20-12-18(14-28)7-8-22(20)27/h4-8,12-13,29H,3,9-11,15-17H2,1-2H3,(H,30,36). The van der Waals surface area contributed by atoms with Crippen molar-refractivity contribution in [1.82, 2.24) is 25.0 Å². The highest BCUT2D eigenvalue weighted by atomic mass is 19.1. The third-order valence-electron chi connectivity index (χ3n) is 5.96. The Bertz CT molecular complexity index is 1310. The molecule has 0 spiro atoms. The Morgan fingerprint density at radius 1 is 1.19 bits per heavy atom. The summed E-state index contributed by atoms with van der Waals surface area (Å²) in [4.78, 5) is 19.5. The molecule has 0 radical (unpaired) electrons. The number of nitrogens with one attached hydrogen (secondary N) is 2. The Kier molecular flexibility index (Phi) is 8.02. The lowest BCUT2D eigenvalue weighted by atomic mass is 10.1. The van der Waals surface area contributed by atoms with Gasteiger partial charge in [-0.15, -0.1) is 10.2 Å². The minimum atomic E-state index is -0.466. The van der Waals surface area contributed by atoms with Crippen molar-refractivity contribution in [3.63, 3.8) is 0 Å². The van der Waals surface area contributed by atoms with Crippen molar-refractivity contribution in [1.29, 1.82) is 5.26 Å². The summed E-state index contributed by atoms with van der Waals surface area (Å²) in [6, 6.07) is 13.1. The third-order valence-corrected chi connectivity index (χ3v) is 5.96. The van der Waals surface area contributed by atoms with Crippen molar-refractivity contribution in [2.75, 3.05) is 25.6 Å². The molecule has 2 N–H and O–H groups in total. The first-order valence-electron chi connectivity index (χ1n) is 11.9. The summed E-state index contributed by atoms with van der Waals surface area (Å²) in [5.74, 6) is 0.822. The molecule has 0 bridgehead atoms. The Morgan fingerprint density at radius 3 is 2.81 bits per heavy atom. The van der Waals surface area contributed by atoms with Gasteiger partial charge in [0.2, 0.25) is 0 Å². The predicted molar refractivity (Wildman–Crippen MR) is 135 cm³/mol. The molecule has 0 fully saturated rings. The predicted octanol–water partition coefficient (Wildman–Crippen LogP) is 3.32. The maximum Gasteiger partial charge on any atom is 0.251 e. The summed E-state index contributed by atoms with van der Waals surface area (Å²) in [5, 5.41) is 23.9. The maximum absolute atomic E-state index is 14.0. The van der Waals surface area contributed by atoms with E-state index in [4.69, 9.17) is 5.26 Å². The van der Waals surface area contributed by atoms with Crippen LogP contribution >= 0.6 is 0 Å². The van der Waals surface area contributed by atoms with Crippen LogP contribution in [0.3, 0.4) is 0 Å². The van der Waals surface area contributed by atoms with Gasteiger partial charge in [0.15, 0.2) is 11.6 Å². The SMILES string of the molecule is CCCn1c(CNc2cccc(C(=O)NCc3cc(C#N)ccc3F)c2)nnc1C1=NCN(C)CC1. The summed E-state index contributed by atoms with van der Waals surface area (Å²) in [6.07, 6.45) is 1.78. The molecule has 1 aliphatic rings. The molecule has 1 amide bonds. The highest BCUT2D eigenvalue weighted by Crippen LogP contribution is 2.16. The molecule has 3 aromatic rings. The average Bonchev–Trinajstić information content (AvgIpc) is 3.30. The fourth-order valence-electron chi connectivity index (χ4n) is 3.98. The summed E-state index contributed by atoms with van der Waals surface area (Å²) in [6.45, 7) is 4.93. The first-order valence-corrected chi connectivity index (χ1v) is 11.9. The second kappa shape index (κ2) is 11.6. The van der Waals surface area contributed by atoms with Gasteiger partial charge in [0.25, 0.3) is 5.91 Å². The van der Waals surface area contributed by atoms with Crippen LogP contribution in [0.15, 0.2) is 47.5 Å². The molecule has 2 heterocycles. The quantitative estimate of drug-likeness (QED) is 0.478. The molecule has 0 aliphatic carbocycles. The van der Waals surface area contributed by atoms with Gasteiger partial charge in [-0.2, -0.15) is 5.26 Å². The van der Waals surface area contributed by atoms with E-state index in [-0.39, 0.29) is 18.0 Å². The van der Waals surface area contributed by atoms with E-state index < -0.39 is 5.82 Å². The van der Waals surface area contributed by atoms with Crippen LogP contribution in [0.4, 0.5) is 10.1 Å². The lowest BCUT2D eigenvalue weighted by molar-refractivity contribution is 0.0950. The minimum absolute atomic E-state index is 0.0135. The van der Waals surface area contributed by atoms with Gasteiger partial charge in [-0.25, -0.2) is 4.39 Å². The zero-order valence-corrected chi connectivity index (χ0v) is 20.5. The second-order valence-corrected chi connectivity index (χ2v) is 8.70. The van der Waals surface area contributed by atoms with Gasteiger partial charge in [0.1, 0.15) is 5.82 Å². The molecule has 0 saturated heterocycles. The molecule has 1 aliphatic heterocycles. The van der Waals surface area contributed by atoms with Gasteiger partial charge < -0.3 is 15.2 Å². The van der Waals surface area contributed by atoms with Gasteiger partial charge in [-0.05, 0) is 49.9 Å². The largest absolute Gasteiger partial charge is 0.378 e. The van der Waals surface area contributed by atoms with Crippen molar-refractivity contribution in [2.24, 2.45) is 4.99 Å². The van der Waals surface area contributed by atoms with Crippen molar-refractivity contribution < 1.29 is 9.18 Å². The van der Waals surface area contributed by atoms with Crippen molar-refractivity contribution >= 4 is 17.3 Å². The first kappa shape index (κ1) is 25.0. The van der Waals surface area contributed by atoms with E-state index in [1.807, 2.05) is 19.2 Å². The number of hydrogen-bond acceptors (Lipinski definition) is 7. The Hall–Kier alpha value is -4.10. The molecule has 186 valence electrons. The average molecular weight is 489 g/mol. The molecule has 0 unspecified atom stereocenters. The van der Waals surface area contributed by atoms with Gasteiger partial charge >= 0.3 is 0 Å². The van der Waals surface area contributed by atoms with E-state index in [1.165, 1.54) is 18.2 Å². The van der Waals surface area contributed by atoms with Crippen LogP contribution in [-0.2, 0) is 19.6 Å². The van der Waals surface area contributed by atoms with Gasteiger partial charge in [-0.1, -0.05) is 13.0 Å². The number of carbonyl (C=O) groups excluding carboxylic acids is 1. The molecule has 9 nitrogen and oxygen atoms in total. The molecular weight excluding hydrogens is 459 g/mol. The molecule has 36 heavy (non-hydrogen) atoms. The first-order chi connectivity index (χ1) is 17.5. The van der Waals surface area contributed by atoms with Crippen LogP contribution in [0.1, 0.15) is 52.9 Å². The normalized spacial score (nSPS) is 13.7. The molecular formula is C26H29FN8O. The number of carbonyl (C=O) groups is 1. The Balaban J connectivity index is 1.42. The van der Waals surface area contributed by atoms with Crippen molar-refractivity contribution in [2.45, 2.75) is 39.4 Å². The van der Waals surface area contributed by atoms with Crippen LogP contribution in [0.25, 0.3) is 0 Å². The smallest absolute Gasteiger partial charge is 0.251 e. The number of amides is 1. The van der Waals surface area contributed by atoms with E-state index in [1.54, 1.807) is 18.2 Å². The number of hydrogen-bond donors (Lipinski definition) is 2. The molecule has 0 saturated carbocycles. The summed E-state index contributed by atoms with van der Waals surface area (Å²) >= 11 is 0. The minimum Gasteiger partial charge on any atom is -0.378 e. The van der Waals surface area contributed by atoms with Crippen molar-refractivity contribution in [3.05, 3.63) is 76.6 Å². The molecule has 4 rings (SSSR count). The lowest BCUT2D eigenvalue weighted by Crippen LogP contribution is -2.29.